The molecule has 0 saturated carbocycles. The van der Waals surface area contributed by atoms with Crippen LogP contribution in [0.2, 0.25) is 5.02 Å². The van der Waals surface area contributed by atoms with Crippen LogP contribution >= 0.6 is 11.6 Å². The van der Waals surface area contributed by atoms with Gasteiger partial charge in [0.15, 0.2) is 11.5 Å². The molecule has 0 amide bonds. The zero-order valence-electron chi connectivity index (χ0n) is 14.9. The van der Waals surface area contributed by atoms with Gasteiger partial charge in [0.2, 0.25) is 5.75 Å². The lowest BCUT2D eigenvalue weighted by Gasteiger charge is -2.35. The molecule has 1 saturated heterocycles. The van der Waals surface area contributed by atoms with Gasteiger partial charge >= 0.3 is 0 Å². The van der Waals surface area contributed by atoms with Crippen molar-refractivity contribution in [3.8, 4) is 23.3 Å². The predicted molar refractivity (Wildman–Crippen MR) is 102 cm³/mol. The number of anilines is 1. The quantitative estimate of drug-likeness (QED) is 0.784. The lowest BCUT2D eigenvalue weighted by Crippen LogP contribution is -2.38. The molecule has 0 aromatic heterocycles. The topological polar surface area (TPSA) is 54.7 Å². The molecule has 3 rings (SSSR count). The summed E-state index contributed by atoms with van der Waals surface area (Å²) in [7, 11) is 3.23. The van der Waals surface area contributed by atoms with Gasteiger partial charge in [-0.25, -0.2) is 0 Å². The minimum Gasteiger partial charge on any atom is -0.493 e. The lowest BCUT2D eigenvalue weighted by molar-refractivity contribution is 0.158. The zero-order valence-corrected chi connectivity index (χ0v) is 15.6. The second-order valence-electron chi connectivity index (χ2n) is 6.04. The fourth-order valence-electron chi connectivity index (χ4n) is 3.22. The van der Waals surface area contributed by atoms with Gasteiger partial charge in [-0.3, -0.25) is 0 Å². The molecule has 26 heavy (non-hydrogen) atoms. The van der Waals surface area contributed by atoms with Crippen LogP contribution in [0.1, 0.15) is 18.4 Å². The number of para-hydroxylation sites is 2. The van der Waals surface area contributed by atoms with E-state index in [0.29, 0.717) is 27.8 Å². The second kappa shape index (κ2) is 8.20. The van der Waals surface area contributed by atoms with Crippen LogP contribution in [-0.4, -0.2) is 33.4 Å². The number of nitrogens with zero attached hydrogens (tertiary/aromatic N) is 2. The Kier molecular flexibility index (Phi) is 5.75. The van der Waals surface area contributed by atoms with E-state index in [1.54, 1.807) is 26.4 Å². The summed E-state index contributed by atoms with van der Waals surface area (Å²) in [5, 5.41) is 9.95. The van der Waals surface area contributed by atoms with E-state index in [1.165, 1.54) is 0 Å². The van der Waals surface area contributed by atoms with Crippen LogP contribution in [0.25, 0.3) is 0 Å². The highest BCUT2D eigenvalue weighted by atomic mass is 35.5. The summed E-state index contributed by atoms with van der Waals surface area (Å²) in [5.41, 5.74) is 1.41. The minimum absolute atomic E-state index is 0.0458. The van der Waals surface area contributed by atoms with E-state index in [2.05, 4.69) is 11.0 Å². The standard InChI is InChI=1S/C20H21ClN2O3/c1-24-17-7-4-8-18(25-2)20(17)26-15-9-11-23(12-10-15)19-14(13-22)5-3-6-16(19)21/h3-8,15H,9-12H2,1-2H3. The first kappa shape index (κ1) is 18.2. The smallest absolute Gasteiger partial charge is 0.203 e. The highest BCUT2D eigenvalue weighted by molar-refractivity contribution is 6.33. The Labute approximate surface area is 158 Å². The van der Waals surface area contributed by atoms with E-state index >= 15 is 0 Å². The second-order valence-corrected chi connectivity index (χ2v) is 6.45. The summed E-state index contributed by atoms with van der Waals surface area (Å²) >= 11 is 6.33. The largest absolute Gasteiger partial charge is 0.493 e. The van der Waals surface area contributed by atoms with Crippen LogP contribution in [-0.2, 0) is 0 Å². The molecule has 1 aliphatic heterocycles. The Morgan fingerprint density at radius 2 is 1.65 bits per heavy atom. The van der Waals surface area contributed by atoms with Crippen LogP contribution < -0.4 is 19.1 Å². The molecule has 0 aliphatic carbocycles. The molecule has 1 aliphatic rings. The predicted octanol–water partition coefficient (Wildman–Crippen LogP) is 4.28. The molecule has 136 valence electrons. The number of hydrogen-bond donors (Lipinski definition) is 0. The number of benzene rings is 2. The van der Waals surface area contributed by atoms with Gasteiger partial charge in [-0.05, 0) is 24.3 Å². The van der Waals surface area contributed by atoms with Gasteiger partial charge in [0.05, 0.1) is 30.5 Å². The molecule has 0 N–H and O–H groups in total. The minimum atomic E-state index is 0.0458. The number of rotatable bonds is 5. The number of hydrogen-bond acceptors (Lipinski definition) is 5. The first-order valence-corrected chi connectivity index (χ1v) is 8.87. The molecular formula is C20H21ClN2O3. The van der Waals surface area contributed by atoms with Gasteiger partial charge in [0, 0.05) is 25.9 Å². The van der Waals surface area contributed by atoms with Crippen molar-refractivity contribution < 1.29 is 14.2 Å². The van der Waals surface area contributed by atoms with Crippen molar-refractivity contribution in [3.05, 3.63) is 47.0 Å². The molecule has 0 spiro atoms. The van der Waals surface area contributed by atoms with Crippen molar-refractivity contribution in [2.45, 2.75) is 18.9 Å². The summed E-state index contributed by atoms with van der Waals surface area (Å²) < 4.78 is 17.0. The van der Waals surface area contributed by atoms with Gasteiger partial charge in [-0.15, -0.1) is 0 Å². The number of methoxy groups -OCH3 is 2. The summed E-state index contributed by atoms with van der Waals surface area (Å²) in [6.45, 7) is 1.53. The van der Waals surface area contributed by atoms with E-state index < -0.39 is 0 Å². The van der Waals surface area contributed by atoms with E-state index in [9.17, 15) is 5.26 Å². The summed E-state index contributed by atoms with van der Waals surface area (Å²) in [5.74, 6) is 1.95. The summed E-state index contributed by atoms with van der Waals surface area (Å²) in [6, 6.07) is 13.2. The summed E-state index contributed by atoms with van der Waals surface area (Å²) in [4.78, 5) is 2.15. The molecular weight excluding hydrogens is 352 g/mol. The van der Waals surface area contributed by atoms with Crippen LogP contribution in [0.15, 0.2) is 36.4 Å². The molecule has 5 nitrogen and oxygen atoms in total. The van der Waals surface area contributed by atoms with Crippen LogP contribution in [0.3, 0.4) is 0 Å². The van der Waals surface area contributed by atoms with E-state index in [1.807, 2.05) is 24.3 Å². The third-order valence-corrected chi connectivity index (χ3v) is 4.84. The van der Waals surface area contributed by atoms with Gasteiger partial charge in [-0.1, -0.05) is 23.7 Å². The maximum atomic E-state index is 9.35. The Bertz CT molecular complexity index is 789. The Balaban J connectivity index is 1.72. The molecule has 6 heteroatoms. The monoisotopic (exact) mass is 372 g/mol. The van der Waals surface area contributed by atoms with Gasteiger partial charge in [0.1, 0.15) is 12.2 Å². The molecule has 2 aromatic carbocycles. The third kappa shape index (κ3) is 3.66. The Hall–Kier alpha value is -2.58. The average molecular weight is 373 g/mol. The number of ether oxygens (including phenoxy) is 3. The molecule has 0 atom stereocenters. The van der Waals surface area contributed by atoms with E-state index in [4.69, 9.17) is 25.8 Å². The van der Waals surface area contributed by atoms with Crippen molar-refractivity contribution >= 4 is 17.3 Å². The van der Waals surface area contributed by atoms with Crippen LogP contribution in [0.4, 0.5) is 5.69 Å². The fraction of sp³-hybridized carbons (Fsp3) is 0.350. The van der Waals surface area contributed by atoms with Crippen molar-refractivity contribution in [1.82, 2.24) is 0 Å². The van der Waals surface area contributed by atoms with Gasteiger partial charge in [0.25, 0.3) is 0 Å². The van der Waals surface area contributed by atoms with Gasteiger partial charge in [-0.2, -0.15) is 5.26 Å². The molecule has 0 radical (unpaired) electrons. The first-order chi connectivity index (χ1) is 12.7. The van der Waals surface area contributed by atoms with E-state index in [0.717, 1.165) is 31.6 Å². The SMILES string of the molecule is COc1cccc(OC)c1OC1CCN(c2c(Cl)cccc2C#N)CC1. The maximum absolute atomic E-state index is 9.35. The average Bonchev–Trinajstić information content (AvgIpc) is 2.68. The maximum Gasteiger partial charge on any atom is 0.203 e. The lowest BCUT2D eigenvalue weighted by atomic mass is 10.0. The van der Waals surface area contributed by atoms with Gasteiger partial charge < -0.3 is 19.1 Å². The Morgan fingerprint density at radius 3 is 2.23 bits per heavy atom. The first-order valence-electron chi connectivity index (χ1n) is 8.49. The van der Waals surface area contributed by atoms with Crippen molar-refractivity contribution in [3.63, 3.8) is 0 Å². The highest BCUT2D eigenvalue weighted by Crippen LogP contribution is 2.39. The molecule has 0 bridgehead atoms. The third-order valence-electron chi connectivity index (χ3n) is 4.53. The number of piperidine rings is 1. The molecule has 2 aromatic rings. The van der Waals surface area contributed by atoms with Crippen molar-refractivity contribution in [2.24, 2.45) is 0 Å². The normalized spacial score (nSPS) is 14.6. The number of halogens is 1. The van der Waals surface area contributed by atoms with Crippen LogP contribution in [0, 0.1) is 11.3 Å². The van der Waals surface area contributed by atoms with E-state index in [-0.39, 0.29) is 6.10 Å². The molecule has 1 heterocycles. The summed E-state index contributed by atoms with van der Waals surface area (Å²) in [6.07, 6.45) is 1.68. The zero-order chi connectivity index (χ0) is 18.5. The Morgan fingerprint density at radius 1 is 1.04 bits per heavy atom. The van der Waals surface area contributed by atoms with Crippen molar-refractivity contribution in [2.75, 3.05) is 32.2 Å². The van der Waals surface area contributed by atoms with Crippen LogP contribution in [0.5, 0.6) is 17.2 Å². The fourth-order valence-corrected chi connectivity index (χ4v) is 3.52. The highest BCUT2D eigenvalue weighted by Gasteiger charge is 2.25. The van der Waals surface area contributed by atoms with Crippen molar-refractivity contribution in [1.29, 1.82) is 5.26 Å². The molecule has 1 fully saturated rings. The number of nitriles is 1. The molecule has 0 unspecified atom stereocenters.